The number of likely N-dealkylation sites (N-methyl/N-ethyl adjacent to an activating group) is 1. The van der Waals surface area contributed by atoms with E-state index in [9.17, 15) is 14.7 Å². The third-order valence-corrected chi connectivity index (χ3v) is 3.47. The van der Waals surface area contributed by atoms with E-state index in [4.69, 9.17) is 0 Å². The monoisotopic (exact) mass is 312 g/mol. The molecule has 0 aliphatic rings. The Labute approximate surface area is 135 Å². The molecule has 0 fully saturated rings. The first kappa shape index (κ1) is 16.5. The fourth-order valence-electron chi connectivity index (χ4n) is 2.29. The Balaban J connectivity index is 2.20. The molecule has 0 bridgehead atoms. The fourth-order valence-corrected chi connectivity index (χ4v) is 2.29. The highest BCUT2D eigenvalue weighted by Crippen LogP contribution is 2.24. The van der Waals surface area contributed by atoms with Gasteiger partial charge in [-0.2, -0.15) is 0 Å². The Hall–Kier alpha value is -2.82. The number of hydrogen-bond acceptors (Lipinski definition) is 3. The van der Waals surface area contributed by atoms with Crippen molar-refractivity contribution < 1.29 is 14.7 Å². The standard InChI is InChI=1S/C18H20N2O3/c1-4-20(14-7-5-6-12(2)10-14)18(23)17(22)19-15-11-13(3)8-9-16(15)21/h5-11,21H,4H2,1-3H3,(H,19,22). The second-order valence-electron chi connectivity index (χ2n) is 5.36. The third kappa shape index (κ3) is 3.88. The van der Waals surface area contributed by atoms with Crippen LogP contribution in [0.4, 0.5) is 11.4 Å². The predicted octanol–water partition coefficient (Wildman–Crippen LogP) is 3.00. The Morgan fingerprint density at radius 1 is 1.09 bits per heavy atom. The van der Waals surface area contributed by atoms with E-state index in [1.165, 1.54) is 11.0 Å². The molecule has 2 amide bonds. The summed E-state index contributed by atoms with van der Waals surface area (Å²) in [5.74, 6) is -1.52. The average molecular weight is 312 g/mol. The van der Waals surface area contributed by atoms with Gasteiger partial charge in [-0.1, -0.05) is 18.2 Å². The summed E-state index contributed by atoms with van der Waals surface area (Å²) in [6, 6.07) is 12.2. The molecule has 120 valence electrons. The topological polar surface area (TPSA) is 69.6 Å². The zero-order valence-corrected chi connectivity index (χ0v) is 13.5. The van der Waals surface area contributed by atoms with Crippen molar-refractivity contribution in [3.05, 3.63) is 53.6 Å². The lowest BCUT2D eigenvalue weighted by molar-refractivity contribution is -0.134. The summed E-state index contributed by atoms with van der Waals surface area (Å²) in [6.45, 7) is 5.93. The lowest BCUT2D eigenvalue weighted by atomic mass is 10.2. The maximum Gasteiger partial charge on any atom is 0.316 e. The molecule has 0 heterocycles. The summed E-state index contributed by atoms with van der Waals surface area (Å²) in [5, 5.41) is 12.2. The number of carbonyl (C=O) groups excluding carboxylic acids is 2. The highest BCUT2D eigenvalue weighted by molar-refractivity contribution is 6.44. The van der Waals surface area contributed by atoms with Crippen molar-refractivity contribution in [2.75, 3.05) is 16.8 Å². The highest BCUT2D eigenvalue weighted by atomic mass is 16.3. The first-order valence-electron chi connectivity index (χ1n) is 7.41. The normalized spacial score (nSPS) is 10.2. The second kappa shape index (κ2) is 6.96. The lowest BCUT2D eigenvalue weighted by Gasteiger charge is -2.21. The molecule has 2 aromatic rings. The maximum absolute atomic E-state index is 12.4. The van der Waals surface area contributed by atoms with Crippen LogP contribution in [0.1, 0.15) is 18.1 Å². The number of nitrogens with zero attached hydrogens (tertiary/aromatic N) is 1. The Bertz CT molecular complexity index is 741. The zero-order valence-electron chi connectivity index (χ0n) is 13.5. The van der Waals surface area contributed by atoms with Crippen molar-refractivity contribution in [2.24, 2.45) is 0 Å². The van der Waals surface area contributed by atoms with Gasteiger partial charge in [-0.15, -0.1) is 0 Å². The summed E-state index contributed by atoms with van der Waals surface area (Å²) in [6.07, 6.45) is 0. The van der Waals surface area contributed by atoms with E-state index in [0.717, 1.165) is 11.1 Å². The molecule has 0 saturated heterocycles. The lowest BCUT2D eigenvalue weighted by Crippen LogP contribution is -2.39. The van der Waals surface area contributed by atoms with Crippen molar-refractivity contribution in [2.45, 2.75) is 20.8 Å². The van der Waals surface area contributed by atoms with E-state index in [-0.39, 0.29) is 11.4 Å². The molecule has 0 saturated carbocycles. The molecule has 0 spiro atoms. The molecule has 0 aliphatic carbocycles. The molecule has 0 unspecified atom stereocenters. The predicted molar refractivity (Wildman–Crippen MR) is 90.7 cm³/mol. The van der Waals surface area contributed by atoms with Crippen molar-refractivity contribution >= 4 is 23.2 Å². The molecular formula is C18H20N2O3. The van der Waals surface area contributed by atoms with Gasteiger partial charge in [0.2, 0.25) is 0 Å². The average Bonchev–Trinajstić information content (AvgIpc) is 2.51. The largest absolute Gasteiger partial charge is 0.506 e. The van der Waals surface area contributed by atoms with Gasteiger partial charge in [0.25, 0.3) is 0 Å². The van der Waals surface area contributed by atoms with Gasteiger partial charge in [0.1, 0.15) is 5.75 Å². The van der Waals surface area contributed by atoms with Crippen LogP contribution in [0.3, 0.4) is 0 Å². The molecule has 0 aliphatic heterocycles. The van der Waals surface area contributed by atoms with Gasteiger partial charge in [-0.3, -0.25) is 9.59 Å². The molecule has 0 radical (unpaired) electrons. The zero-order chi connectivity index (χ0) is 17.0. The quantitative estimate of drug-likeness (QED) is 0.676. The van der Waals surface area contributed by atoms with E-state index in [0.29, 0.717) is 12.2 Å². The summed E-state index contributed by atoms with van der Waals surface area (Å²) >= 11 is 0. The highest BCUT2D eigenvalue weighted by Gasteiger charge is 2.23. The van der Waals surface area contributed by atoms with Gasteiger partial charge in [-0.05, 0) is 56.2 Å². The van der Waals surface area contributed by atoms with E-state index < -0.39 is 11.8 Å². The number of phenolic OH excluding ortho intramolecular Hbond substituents is 1. The van der Waals surface area contributed by atoms with E-state index >= 15 is 0 Å². The molecule has 2 aromatic carbocycles. The molecule has 5 heteroatoms. The fraction of sp³-hybridized carbons (Fsp3) is 0.222. The third-order valence-electron chi connectivity index (χ3n) is 3.47. The first-order chi connectivity index (χ1) is 10.9. The molecule has 2 N–H and O–H groups in total. The number of aromatic hydroxyl groups is 1. The summed E-state index contributed by atoms with van der Waals surface area (Å²) < 4.78 is 0. The maximum atomic E-state index is 12.4. The minimum Gasteiger partial charge on any atom is -0.506 e. The van der Waals surface area contributed by atoms with Crippen LogP contribution in [0.5, 0.6) is 5.75 Å². The molecule has 23 heavy (non-hydrogen) atoms. The number of amides is 2. The molecule has 2 rings (SSSR count). The van der Waals surface area contributed by atoms with Gasteiger partial charge in [0.15, 0.2) is 0 Å². The molecular weight excluding hydrogens is 292 g/mol. The van der Waals surface area contributed by atoms with E-state index in [2.05, 4.69) is 5.32 Å². The number of anilines is 2. The van der Waals surface area contributed by atoms with Crippen molar-refractivity contribution in [3.8, 4) is 5.75 Å². The van der Waals surface area contributed by atoms with Crippen LogP contribution < -0.4 is 10.2 Å². The van der Waals surface area contributed by atoms with Crippen LogP contribution >= 0.6 is 0 Å². The summed E-state index contributed by atoms with van der Waals surface area (Å²) in [4.78, 5) is 26.0. The van der Waals surface area contributed by atoms with E-state index in [1.54, 1.807) is 25.1 Å². The van der Waals surface area contributed by atoms with Crippen LogP contribution in [0.25, 0.3) is 0 Å². The number of phenols is 1. The van der Waals surface area contributed by atoms with Crippen LogP contribution in [0.15, 0.2) is 42.5 Å². The van der Waals surface area contributed by atoms with Crippen molar-refractivity contribution in [3.63, 3.8) is 0 Å². The summed E-state index contributed by atoms with van der Waals surface area (Å²) in [5.41, 5.74) is 2.77. The van der Waals surface area contributed by atoms with Crippen LogP contribution in [-0.2, 0) is 9.59 Å². The number of rotatable bonds is 3. The minimum atomic E-state index is -0.783. The van der Waals surface area contributed by atoms with Gasteiger partial charge in [-0.25, -0.2) is 0 Å². The molecule has 0 aromatic heterocycles. The van der Waals surface area contributed by atoms with Crippen molar-refractivity contribution in [1.29, 1.82) is 0 Å². The van der Waals surface area contributed by atoms with Crippen LogP contribution in [0, 0.1) is 13.8 Å². The smallest absolute Gasteiger partial charge is 0.316 e. The van der Waals surface area contributed by atoms with Crippen LogP contribution in [-0.4, -0.2) is 23.5 Å². The number of hydrogen-bond donors (Lipinski definition) is 2. The Morgan fingerprint density at radius 3 is 2.43 bits per heavy atom. The molecule has 0 atom stereocenters. The summed E-state index contributed by atoms with van der Waals surface area (Å²) in [7, 11) is 0. The Kier molecular flexibility index (Phi) is 5.01. The van der Waals surface area contributed by atoms with Gasteiger partial charge in [0.05, 0.1) is 5.69 Å². The number of benzene rings is 2. The number of carbonyl (C=O) groups is 2. The van der Waals surface area contributed by atoms with Crippen molar-refractivity contribution in [1.82, 2.24) is 0 Å². The van der Waals surface area contributed by atoms with Crippen LogP contribution in [0.2, 0.25) is 0 Å². The number of aryl methyl sites for hydroxylation is 2. The van der Waals surface area contributed by atoms with Gasteiger partial charge >= 0.3 is 11.8 Å². The Morgan fingerprint density at radius 2 is 1.78 bits per heavy atom. The SMILES string of the molecule is CCN(C(=O)C(=O)Nc1cc(C)ccc1O)c1cccc(C)c1. The van der Waals surface area contributed by atoms with Gasteiger partial charge in [0, 0.05) is 12.2 Å². The van der Waals surface area contributed by atoms with E-state index in [1.807, 2.05) is 32.0 Å². The molecule has 5 nitrogen and oxygen atoms in total. The number of nitrogens with one attached hydrogen (secondary N) is 1. The second-order valence-corrected chi connectivity index (χ2v) is 5.36. The minimum absolute atomic E-state index is 0.0737. The van der Waals surface area contributed by atoms with Gasteiger partial charge < -0.3 is 15.3 Å². The first-order valence-corrected chi connectivity index (χ1v) is 7.41.